The van der Waals surface area contributed by atoms with E-state index in [9.17, 15) is 8.78 Å². The first-order valence-corrected chi connectivity index (χ1v) is 6.22. The Bertz CT molecular complexity index is 366. The summed E-state index contributed by atoms with van der Waals surface area (Å²) < 4.78 is 27.2. The van der Waals surface area contributed by atoms with Crippen LogP contribution in [-0.2, 0) is 0 Å². The highest BCUT2D eigenvalue weighted by Crippen LogP contribution is 2.23. The third kappa shape index (κ3) is 5.00. The SMILES string of the molecule is CC(C)(C)NCCNc1c(F)cc(Br)cc1F. The number of anilines is 1. The van der Waals surface area contributed by atoms with E-state index in [1.807, 2.05) is 20.8 Å². The van der Waals surface area contributed by atoms with Gasteiger partial charge in [-0.1, -0.05) is 15.9 Å². The number of halogens is 3. The van der Waals surface area contributed by atoms with Crippen molar-refractivity contribution in [3.05, 3.63) is 28.2 Å². The van der Waals surface area contributed by atoms with E-state index in [4.69, 9.17) is 0 Å². The van der Waals surface area contributed by atoms with Crippen LogP contribution in [0.15, 0.2) is 16.6 Å². The minimum atomic E-state index is -0.590. The Balaban J connectivity index is 2.53. The molecule has 1 rings (SSSR count). The molecule has 2 N–H and O–H groups in total. The molecular formula is C12H17BrF2N2. The first-order valence-electron chi connectivity index (χ1n) is 5.43. The van der Waals surface area contributed by atoms with Gasteiger partial charge in [0.15, 0.2) is 0 Å². The third-order valence-corrected chi connectivity index (χ3v) is 2.55. The second kappa shape index (κ2) is 5.78. The molecule has 0 radical (unpaired) electrons. The lowest BCUT2D eigenvalue weighted by Gasteiger charge is -2.20. The molecule has 0 aliphatic heterocycles. The van der Waals surface area contributed by atoms with E-state index in [0.29, 0.717) is 17.6 Å². The zero-order valence-electron chi connectivity index (χ0n) is 10.2. The largest absolute Gasteiger partial charge is 0.379 e. The van der Waals surface area contributed by atoms with E-state index in [2.05, 4.69) is 26.6 Å². The third-order valence-electron chi connectivity index (χ3n) is 2.09. The van der Waals surface area contributed by atoms with E-state index < -0.39 is 11.6 Å². The predicted octanol–water partition coefficient (Wildman–Crippen LogP) is 3.53. The molecule has 2 nitrogen and oxygen atoms in total. The Hall–Kier alpha value is -0.680. The molecule has 0 aliphatic rings. The van der Waals surface area contributed by atoms with Gasteiger partial charge >= 0.3 is 0 Å². The molecule has 0 aromatic heterocycles. The van der Waals surface area contributed by atoms with Crippen LogP contribution in [0.1, 0.15) is 20.8 Å². The molecule has 0 aliphatic carbocycles. The standard InChI is InChI=1S/C12H17BrF2N2/c1-12(2,3)17-5-4-16-11-9(14)6-8(13)7-10(11)15/h6-7,16-17H,4-5H2,1-3H3. The van der Waals surface area contributed by atoms with Crippen LogP contribution >= 0.6 is 15.9 Å². The van der Waals surface area contributed by atoms with Crippen LogP contribution in [0.5, 0.6) is 0 Å². The maximum atomic E-state index is 13.4. The molecule has 0 amide bonds. The summed E-state index contributed by atoms with van der Waals surface area (Å²) >= 11 is 3.03. The van der Waals surface area contributed by atoms with Gasteiger partial charge in [0.2, 0.25) is 0 Å². The quantitative estimate of drug-likeness (QED) is 0.832. The van der Waals surface area contributed by atoms with Crippen molar-refractivity contribution < 1.29 is 8.78 Å². The van der Waals surface area contributed by atoms with Gasteiger partial charge in [-0.05, 0) is 32.9 Å². The van der Waals surface area contributed by atoms with Crippen LogP contribution in [0.4, 0.5) is 14.5 Å². The molecular weight excluding hydrogens is 290 g/mol. The van der Waals surface area contributed by atoms with Gasteiger partial charge in [-0.15, -0.1) is 0 Å². The first kappa shape index (κ1) is 14.4. The highest BCUT2D eigenvalue weighted by Gasteiger charge is 2.11. The van der Waals surface area contributed by atoms with Gasteiger partial charge in [0.1, 0.15) is 17.3 Å². The molecule has 96 valence electrons. The first-order chi connectivity index (χ1) is 7.79. The number of benzene rings is 1. The molecule has 0 saturated carbocycles. The topological polar surface area (TPSA) is 24.1 Å². The average molecular weight is 307 g/mol. The van der Waals surface area contributed by atoms with Crippen LogP contribution in [0, 0.1) is 11.6 Å². The van der Waals surface area contributed by atoms with Gasteiger partial charge in [-0.3, -0.25) is 0 Å². The molecule has 1 aromatic carbocycles. The predicted molar refractivity (Wildman–Crippen MR) is 70.3 cm³/mol. The molecule has 0 fully saturated rings. The average Bonchev–Trinajstić information content (AvgIpc) is 2.13. The van der Waals surface area contributed by atoms with E-state index >= 15 is 0 Å². The van der Waals surface area contributed by atoms with E-state index in [1.165, 1.54) is 12.1 Å². The minimum Gasteiger partial charge on any atom is -0.379 e. The summed E-state index contributed by atoms with van der Waals surface area (Å²) in [6, 6.07) is 2.48. The van der Waals surface area contributed by atoms with Crippen LogP contribution in [0.2, 0.25) is 0 Å². The summed E-state index contributed by atoms with van der Waals surface area (Å²) in [5, 5.41) is 5.97. The van der Waals surface area contributed by atoms with Crippen molar-refractivity contribution in [2.75, 3.05) is 18.4 Å². The number of hydrogen-bond donors (Lipinski definition) is 2. The van der Waals surface area contributed by atoms with Gasteiger partial charge in [0.05, 0.1) is 0 Å². The fourth-order valence-electron chi connectivity index (χ4n) is 1.34. The van der Waals surface area contributed by atoms with Crippen molar-refractivity contribution in [1.82, 2.24) is 5.32 Å². The highest BCUT2D eigenvalue weighted by atomic mass is 79.9. The van der Waals surface area contributed by atoms with Crippen molar-refractivity contribution >= 4 is 21.6 Å². The van der Waals surface area contributed by atoms with Crippen LogP contribution in [0.3, 0.4) is 0 Å². The fourth-order valence-corrected chi connectivity index (χ4v) is 1.74. The maximum absolute atomic E-state index is 13.4. The summed E-state index contributed by atoms with van der Waals surface area (Å²) in [7, 11) is 0. The van der Waals surface area contributed by atoms with Gasteiger partial charge < -0.3 is 10.6 Å². The lowest BCUT2D eigenvalue weighted by molar-refractivity contribution is 0.435. The normalized spacial score (nSPS) is 11.6. The van der Waals surface area contributed by atoms with Crippen molar-refractivity contribution in [1.29, 1.82) is 0 Å². The second-order valence-corrected chi connectivity index (χ2v) is 5.76. The number of hydrogen-bond acceptors (Lipinski definition) is 2. The summed E-state index contributed by atoms with van der Waals surface area (Å²) in [5.74, 6) is -1.18. The fraction of sp³-hybridized carbons (Fsp3) is 0.500. The molecule has 0 saturated heterocycles. The molecule has 0 atom stereocenters. The summed E-state index contributed by atoms with van der Waals surface area (Å²) in [4.78, 5) is 0. The van der Waals surface area contributed by atoms with Gasteiger partial charge in [-0.25, -0.2) is 8.78 Å². The van der Waals surface area contributed by atoms with Crippen molar-refractivity contribution in [3.63, 3.8) is 0 Å². The summed E-state index contributed by atoms with van der Waals surface area (Å²) in [6.45, 7) is 7.21. The van der Waals surface area contributed by atoms with Gasteiger partial charge in [0.25, 0.3) is 0 Å². The minimum absolute atomic E-state index is 0.00150. The van der Waals surface area contributed by atoms with Gasteiger partial charge in [-0.2, -0.15) is 0 Å². The molecule has 0 unspecified atom stereocenters. The lowest BCUT2D eigenvalue weighted by atomic mass is 10.1. The Kier molecular flexibility index (Phi) is 4.89. The Morgan fingerprint density at radius 3 is 2.12 bits per heavy atom. The zero-order chi connectivity index (χ0) is 13.1. The smallest absolute Gasteiger partial charge is 0.150 e. The highest BCUT2D eigenvalue weighted by molar-refractivity contribution is 9.10. The Labute approximate surface area is 109 Å². The van der Waals surface area contributed by atoms with E-state index in [-0.39, 0.29) is 11.2 Å². The molecule has 5 heteroatoms. The zero-order valence-corrected chi connectivity index (χ0v) is 11.8. The van der Waals surface area contributed by atoms with Crippen LogP contribution in [0.25, 0.3) is 0 Å². The lowest BCUT2D eigenvalue weighted by Crippen LogP contribution is -2.38. The van der Waals surface area contributed by atoms with Crippen molar-refractivity contribution in [2.24, 2.45) is 0 Å². The summed E-state index contributed by atoms with van der Waals surface area (Å²) in [5.41, 5.74) is -0.0812. The van der Waals surface area contributed by atoms with Crippen molar-refractivity contribution in [2.45, 2.75) is 26.3 Å². The molecule has 17 heavy (non-hydrogen) atoms. The van der Waals surface area contributed by atoms with Gasteiger partial charge in [0, 0.05) is 23.1 Å². The monoisotopic (exact) mass is 306 g/mol. The van der Waals surface area contributed by atoms with Crippen LogP contribution < -0.4 is 10.6 Å². The van der Waals surface area contributed by atoms with E-state index in [1.54, 1.807) is 0 Å². The molecule has 1 aromatic rings. The summed E-state index contributed by atoms with van der Waals surface area (Å²) in [6.07, 6.45) is 0. The van der Waals surface area contributed by atoms with Crippen LogP contribution in [-0.4, -0.2) is 18.6 Å². The maximum Gasteiger partial charge on any atom is 0.150 e. The number of rotatable bonds is 4. The molecule has 0 heterocycles. The van der Waals surface area contributed by atoms with E-state index in [0.717, 1.165) is 0 Å². The van der Waals surface area contributed by atoms with Crippen molar-refractivity contribution in [3.8, 4) is 0 Å². The Morgan fingerprint density at radius 1 is 1.12 bits per heavy atom. The Morgan fingerprint density at radius 2 is 1.65 bits per heavy atom. The number of nitrogens with one attached hydrogen (secondary N) is 2. The molecule has 0 bridgehead atoms. The second-order valence-electron chi connectivity index (χ2n) is 4.85. The molecule has 0 spiro atoms.